The summed E-state index contributed by atoms with van der Waals surface area (Å²) in [5, 5.41) is 0. The molecule has 88 valence electrons. The molecule has 1 atom stereocenters. The van der Waals surface area contributed by atoms with E-state index >= 15 is 0 Å². The number of nitrogens with two attached hydrogens (primary N) is 1. The Morgan fingerprint density at radius 1 is 1.38 bits per heavy atom. The highest BCUT2D eigenvalue weighted by Crippen LogP contribution is 2.63. The molecule has 16 heavy (non-hydrogen) atoms. The average Bonchev–Trinajstić information content (AvgIpc) is 2.83. The Bertz CT molecular complexity index is 386. The van der Waals surface area contributed by atoms with E-state index in [0.717, 1.165) is 6.54 Å². The zero-order valence-electron chi connectivity index (χ0n) is 10.4. The van der Waals surface area contributed by atoms with E-state index < -0.39 is 0 Å². The maximum atomic E-state index is 5.97. The van der Waals surface area contributed by atoms with E-state index in [0.29, 0.717) is 12.0 Å². The highest BCUT2D eigenvalue weighted by molar-refractivity contribution is 5.39. The van der Waals surface area contributed by atoms with E-state index in [1.54, 1.807) is 7.11 Å². The number of methoxy groups -OCH3 is 1. The normalized spacial score (nSPS) is 26.8. The third kappa shape index (κ3) is 1.66. The van der Waals surface area contributed by atoms with Gasteiger partial charge in [-0.25, -0.2) is 0 Å². The molecule has 1 aromatic carbocycles. The van der Waals surface area contributed by atoms with Crippen molar-refractivity contribution in [2.45, 2.75) is 32.3 Å². The molecule has 1 aliphatic carbocycles. The van der Waals surface area contributed by atoms with Crippen LogP contribution >= 0.6 is 0 Å². The van der Waals surface area contributed by atoms with Gasteiger partial charge in [0.2, 0.25) is 0 Å². The number of rotatable bonds is 4. The van der Waals surface area contributed by atoms with Crippen LogP contribution in [-0.2, 0) is 16.8 Å². The van der Waals surface area contributed by atoms with Gasteiger partial charge in [0.1, 0.15) is 0 Å². The Labute approximate surface area is 97.8 Å². The minimum absolute atomic E-state index is 0.191. The highest BCUT2D eigenvalue weighted by atomic mass is 16.5. The van der Waals surface area contributed by atoms with E-state index in [2.05, 4.69) is 38.1 Å². The Balaban J connectivity index is 2.30. The Kier molecular flexibility index (Phi) is 2.81. The maximum absolute atomic E-state index is 5.97. The summed E-state index contributed by atoms with van der Waals surface area (Å²) in [6, 6.07) is 8.65. The largest absolute Gasteiger partial charge is 0.380 e. The van der Waals surface area contributed by atoms with Gasteiger partial charge in [0, 0.05) is 19.1 Å². The number of ether oxygens (including phenoxy) is 1. The fraction of sp³-hybridized carbons (Fsp3) is 0.571. The minimum Gasteiger partial charge on any atom is -0.380 e. The summed E-state index contributed by atoms with van der Waals surface area (Å²) in [6.45, 7) is 6.00. The molecule has 0 saturated heterocycles. The molecule has 0 aromatic heterocycles. The Hall–Kier alpha value is -0.860. The van der Waals surface area contributed by atoms with Crippen LogP contribution in [0.25, 0.3) is 0 Å². The fourth-order valence-electron chi connectivity index (χ4n) is 2.79. The molecule has 1 saturated carbocycles. The topological polar surface area (TPSA) is 35.2 Å². The summed E-state index contributed by atoms with van der Waals surface area (Å²) < 4.78 is 5.17. The fourth-order valence-corrected chi connectivity index (χ4v) is 2.79. The lowest BCUT2D eigenvalue weighted by atomic mass is 9.87. The summed E-state index contributed by atoms with van der Waals surface area (Å²) in [7, 11) is 1.73. The van der Waals surface area contributed by atoms with Gasteiger partial charge in [0.25, 0.3) is 0 Å². The zero-order chi connectivity index (χ0) is 11.8. The van der Waals surface area contributed by atoms with Crippen molar-refractivity contribution in [3.63, 3.8) is 0 Å². The van der Waals surface area contributed by atoms with Gasteiger partial charge < -0.3 is 10.5 Å². The summed E-state index contributed by atoms with van der Waals surface area (Å²) in [6.07, 6.45) is 1.19. The molecular weight excluding hydrogens is 198 g/mol. The second-order valence-corrected chi connectivity index (χ2v) is 5.48. The van der Waals surface area contributed by atoms with Gasteiger partial charge >= 0.3 is 0 Å². The lowest BCUT2D eigenvalue weighted by Crippen LogP contribution is -2.25. The quantitative estimate of drug-likeness (QED) is 0.844. The van der Waals surface area contributed by atoms with E-state index in [4.69, 9.17) is 10.5 Å². The maximum Gasteiger partial charge on any atom is 0.0713 e. The first-order valence-electron chi connectivity index (χ1n) is 5.84. The van der Waals surface area contributed by atoms with Crippen LogP contribution in [0, 0.1) is 5.41 Å². The summed E-state index contributed by atoms with van der Waals surface area (Å²) in [5.74, 6) is 0. The van der Waals surface area contributed by atoms with E-state index in [1.807, 2.05) is 0 Å². The zero-order valence-corrected chi connectivity index (χ0v) is 10.4. The van der Waals surface area contributed by atoms with Crippen LogP contribution in [0.1, 0.15) is 31.4 Å². The Morgan fingerprint density at radius 2 is 2.06 bits per heavy atom. The van der Waals surface area contributed by atoms with Gasteiger partial charge in [-0.2, -0.15) is 0 Å². The summed E-state index contributed by atoms with van der Waals surface area (Å²) in [5.41, 5.74) is 9.10. The smallest absolute Gasteiger partial charge is 0.0713 e. The molecule has 2 rings (SSSR count). The standard InChI is InChI=1S/C14H21NO/c1-13(2)9-14(13,10-15)12-6-4-5-11(7-12)8-16-3/h4-7H,8-10,15H2,1-3H3. The Morgan fingerprint density at radius 3 is 2.56 bits per heavy atom. The van der Waals surface area contributed by atoms with Gasteiger partial charge in [-0.3, -0.25) is 0 Å². The lowest BCUT2D eigenvalue weighted by molar-refractivity contribution is 0.185. The van der Waals surface area contributed by atoms with E-state index in [9.17, 15) is 0 Å². The molecule has 2 nitrogen and oxygen atoms in total. The molecular formula is C14H21NO. The third-order valence-electron chi connectivity index (χ3n) is 4.05. The van der Waals surface area contributed by atoms with Gasteiger partial charge in [-0.15, -0.1) is 0 Å². The summed E-state index contributed by atoms with van der Waals surface area (Å²) in [4.78, 5) is 0. The molecule has 2 N–H and O–H groups in total. The molecule has 0 amide bonds. The van der Waals surface area contributed by atoms with Crippen LogP contribution in [0.3, 0.4) is 0 Å². The van der Waals surface area contributed by atoms with Crippen molar-refractivity contribution in [3.8, 4) is 0 Å². The number of hydrogen-bond acceptors (Lipinski definition) is 2. The second kappa shape index (κ2) is 3.86. The first-order chi connectivity index (χ1) is 7.55. The molecule has 1 aromatic rings. The highest BCUT2D eigenvalue weighted by Gasteiger charge is 2.60. The van der Waals surface area contributed by atoms with Crippen molar-refractivity contribution < 1.29 is 4.74 Å². The van der Waals surface area contributed by atoms with Gasteiger partial charge in [-0.1, -0.05) is 38.1 Å². The molecule has 0 radical (unpaired) electrons. The van der Waals surface area contributed by atoms with Gasteiger partial charge in [0.15, 0.2) is 0 Å². The van der Waals surface area contributed by atoms with Gasteiger partial charge in [-0.05, 0) is 23.0 Å². The van der Waals surface area contributed by atoms with Crippen molar-refractivity contribution in [2.24, 2.45) is 11.1 Å². The van der Waals surface area contributed by atoms with Crippen LogP contribution < -0.4 is 5.73 Å². The molecule has 1 aliphatic rings. The summed E-state index contributed by atoms with van der Waals surface area (Å²) >= 11 is 0. The minimum atomic E-state index is 0.191. The first-order valence-corrected chi connectivity index (χ1v) is 5.84. The predicted molar refractivity (Wildman–Crippen MR) is 66.3 cm³/mol. The van der Waals surface area contributed by atoms with Crippen molar-refractivity contribution in [1.29, 1.82) is 0 Å². The van der Waals surface area contributed by atoms with Crippen molar-refractivity contribution in [3.05, 3.63) is 35.4 Å². The van der Waals surface area contributed by atoms with E-state index in [-0.39, 0.29) is 5.41 Å². The van der Waals surface area contributed by atoms with Crippen LogP contribution in [0.15, 0.2) is 24.3 Å². The third-order valence-corrected chi connectivity index (χ3v) is 4.05. The predicted octanol–water partition coefficient (Wildman–Crippen LogP) is 2.46. The average molecular weight is 219 g/mol. The monoisotopic (exact) mass is 219 g/mol. The molecule has 0 spiro atoms. The molecule has 2 heteroatoms. The van der Waals surface area contributed by atoms with E-state index in [1.165, 1.54) is 17.5 Å². The molecule has 0 aliphatic heterocycles. The molecule has 1 fully saturated rings. The first kappa shape index (κ1) is 11.6. The van der Waals surface area contributed by atoms with Crippen LogP contribution in [0.5, 0.6) is 0 Å². The SMILES string of the molecule is COCc1cccc(C2(CN)CC2(C)C)c1. The lowest BCUT2D eigenvalue weighted by Gasteiger charge is -2.19. The van der Waals surface area contributed by atoms with Gasteiger partial charge in [0.05, 0.1) is 6.61 Å². The molecule has 1 unspecified atom stereocenters. The number of hydrogen-bond donors (Lipinski definition) is 1. The van der Waals surface area contributed by atoms with Crippen LogP contribution in [-0.4, -0.2) is 13.7 Å². The van der Waals surface area contributed by atoms with Crippen molar-refractivity contribution >= 4 is 0 Å². The van der Waals surface area contributed by atoms with Crippen molar-refractivity contribution in [1.82, 2.24) is 0 Å². The van der Waals surface area contributed by atoms with Crippen LogP contribution in [0.2, 0.25) is 0 Å². The molecule has 0 bridgehead atoms. The second-order valence-electron chi connectivity index (χ2n) is 5.48. The van der Waals surface area contributed by atoms with Crippen molar-refractivity contribution in [2.75, 3.05) is 13.7 Å². The molecule has 0 heterocycles. The number of benzene rings is 1. The van der Waals surface area contributed by atoms with Crippen LogP contribution in [0.4, 0.5) is 0 Å².